The van der Waals surface area contributed by atoms with Crippen LogP contribution in [0.2, 0.25) is 0 Å². The van der Waals surface area contributed by atoms with Crippen molar-refractivity contribution in [1.82, 2.24) is 14.9 Å². The number of rotatable bonds is 9. The molecular weight excluding hydrogens is 559 g/mol. The monoisotopic (exact) mass is 593 g/mol. The molecule has 2 fully saturated rings. The number of hydrogen-bond donors (Lipinski definition) is 3. The minimum atomic E-state index is -5.08. The van der Waals surface area contributed by atoms with Crippen molar-refractivity contribution in [3.63, 3.8) is 0 Å². The number of hydrogen-bond acceptors (Lipinski definition) is 8. The van der Waals surface area contributed by atoms with Crippen molar-refractivity contribution in [1.29, 1.82) is 0 Å². The molecule has 0 spiro atoms. The maximum atomic E-state index is 12.8. The number of benzene rings is 1. The van der Waals surface area contributed by atoms with E-state index in [0.29, 0.717) is 23.4 Å². The van der Waals surface area contributed by atoms with Crippen molar-refractivity contribution in [3.05, 3.63) is 35.9 Å². The third-order valence-corrected chi connectivity index (χ3v) is 9.49. The van der Waals surface area contributed by atoms with E-state index in [9.17, 15) is 21.6 Å². The number of carbonyl (C=O) groups is 1. The van der Waals surface area contributed by atoms with E-state index in [2.05, 4.69) is 34.1 Å². The molecule has 14 heteroatoms. The molecule has 2 aromatic rings. The van der Waals surface area contributed by atoms with Crippen LogP contribution < -0.4 is 14.8 Å². The summed E-state index contributed by atoms with van der Waals surface area (Å²) in [6, 6.07) is 10.2. The van der Waals surface area contributed by atoms with E-state index in [4.69, 9.17) is 19.4 Å². The van der Waals surface area contributed by atoms with Crippen molar-refractivity contribution >= 4 is 27.3 Å². The fraction of sp³-hybridized carbons (Fsp3) is 0.560. The molecule has 9 nitrogen and oxygen atoms in total. The number of methoxy groups -OCH3 is 1. The van der Waals surface area contributed by atoms with Gasteiger partial charge in [-0.2, -0.15) is 13.2 Å². The number of nitrogens with zero attached hydrogens (tertiary/aromatic N) is 1. The van der Waals surface area contributed by atoms with Crippen molar-refractivity contribution in [3.8, 4) is 16.2 Å². The van der Waals surface area contributed by atoms with Crippen LogP contribution in [0.25, 0.3) is 10.4 Å². The fourth-order valence-corrected chi connectivity index (χ4v) is 6.66. The molecule has 1 aromatic carbocycles. The molecule has 0 saturated carbocycles. The molecule has 0 bridgehead atoms. The Morgan fingerprint density at radius 2 is 1.90 bits per heavy atom. The molecule has 0 aliphatic carbocycles. The number of piperidine rings is 1. The average molecular weight is 594 g/mol. The van der Waals surface area contributed by atoms with Gasteiger partial charge in [0.2, 0.25) is 10.0 Å². The predicted molar refractivity (Wildman–Crippen MR) is 142 cm³/mol. The van der Waals surface area contributed by atoms with Gasteiger partial charge in [-0.3, -0.25) is 0 Å². The quantitative estimate of drug-likeness (QED) is 0.403. The number of ether oxygens (including phenoxy) is 2. The largest absolute Gasteiger partial charge is 0.496 e. The minimum absolute atomic E-state index is 0.0296. The summed E-state index contributed by atoms with van der Waals surface area (Å²) in [5.41, 5.74) is 2.08. The molecule has 218 valence electrons. The average Bonchev–Trinajstić information content (AvgIpc) is 3.60. The molecule has 4 rings (SSSR count). The number of alkyl halides is 3. The molecule has 39 heavy (non-hydrogen) atoms. The van der Waals surface area contributed by atoms with Crippen LogP contribution in [0.5, 0.6) is 5.75 Å². The summed E-state index contributed by atoms with van der Waals surface area (Å²) in [6.45, 7) is 4.05. The second-order valence-corrected chi connectivity index (χ2v) is 12.5. The van der Waals surface area contributed by atoms with Gasteiger partial charge < -0.3 is 24.8 Å². The van der Waals surface area contributed by atoms with Gasteiger partial charge in [0.05, 0.1) is 13.2 Å². The van der Waals surface area contributed by atoms with Crippen LogP contribution >= 0.6 is 11.3 Å². The van der Waals surface area contributed by atoms with E-state index in [1.54, 1.807) is 13.2 Å². The number of sulfonamides is 1. The molecule has 1 atom stereocenters. The highest BCUT2D eigenvalue weighted by molar-refractivity contribution is 7.91. The second kappa shape index (κ2) is 13.9. The molecule has 1 unspecified atom stereocenters. The maximum Gasteiger partial charge on any atom is 0.490 e. The third-order valence-electron chi connectivity index (χ3n) is 6.46. The van der Waals surface area contributed by atoms with Crippen LogP contribution in [0.3, 0.4) is 0 Å². The molecule has 2 saturated heterocycles. The Kier molecular flexibility index (Phi) is 11.2. The standard InChI is InChI=1S/C23H33N3O4S2.C2HF3O2/c1-26-11-9-18(10-12-26)24-15-17-5-6-21(29-2)20(14-17)22-7-8-23(31-22)32(27,28)25-16-19-4-3-13-30-19;3-2(4,5)1(6)7/h5-8,14,18-19,24-25H,3-4,9-13,15-16H2,1-2H3;(H,6,7). The molecule has 3 N–H and O–H groups in total. The first-order valence-electron chi connectivity index (χ1n) is 12.5. The first kappa shape index (κ1) is 31.3. The van der Waals surface area contributed by atoms with E-state index in [0.717, 1.165) is 67.1 Å². The smallest absolute Gasteiger partial charge is 0.490 e. The lowest BCUT2D eigenvalue weighted by molar-refractivity contribution is -0.192. The van der Waals surface area contributed by atoms with E-state index in [-0.39, 0.29) is 6.10 Å². The van der Waals surface area contributed by atoms with Crippen molar-refractivity contribution in [2.24, 2.45) is 0 Å². The lowest BCUT2D eigenvalue weighted by Crippen LogP contribution is -2.40. The number of carboxylic acid groups (broad SMARTS) is 1. The van der Waals surface area contributed by atoms with Crippen LogP contribution in [0.4, 0.5) is 13.2 Å². The number of likely N-dealkylation sites (tertiary alicyclic amines) is 1. The Hall–Kier alpha value is -2.23. The van der Waals surface area contributed by atoms with Gasteiger partial charge in [0.25, 0.3) is 0 Å². The Morgan fingerprint density at radius 1 is 1.21 bits per heavy atom. The topological polar surface area (TPSA) is 117 Å². The highest BCUT2D eigenvalue weighted by Gasteiger charge is 2.38. The number of carboxylic acids is 1. The normalized spacial score (nSPS) is 18.9. The predicted octanol–water partition coefficient (Wildman–Crippen LogP) is 3.70. The van der Waals surface area contributed by atoms with Crippen LogP contribution in [0.1, 0.15) is 31.2 Å². The Bertz CT molecular complexity index is 1190. The van der Waals surface area contributed by atoms with E-state index < -0.39 is 22.2 Å². The van der Waals surface area contributed by atoms with Crippen molar-refractivity contribution in [2.45, 2.75) is 54.8 Å². The Labute approximate surface area is 230 Å². The SMILES string of the molecule is COc1ccc(CNC2CCN(C)CC2)cc1-c1ccc(S(=O)(=O)NCC2CCCO2)s1.O=C(O)C(F)(F)F. The molecule has 2 aliphatic rings. The highest BCUT2D eigenvalue weighted by Crippen LogP contribution is 2.37. The van der Waals surface area contributed by atoms with Crippen LogP contribution in [-0.2, 0) is 26.1 Å². The van der Waals surface area contributed by atoms with E-state index >= 15 is 0 Å². The molecule has 1 aromatic heterocycles. The van der Waals surface area contributed by atoms with Gasteiger partial charge in [-0.05, 0) is 75.6 Å². The minimum Gasteiger partial charge on any atom is -0.496 e. The van der Waals surface area contributed by atoms with Gasteiger partial charge >= 0.3 is 12.1 Å². The van der Waals surface area contributed by atoms with Gasteiger partial charge in [-0.1, -0.05) is 6.07 Å². The summed E-state index contributed by atoms with van der Waals surface area (Å²) in [6.07, 6.45) is -0.917. The Balaban J connectivity index is 0.000000532. The van der Waals surface area contributed by atoms with E-state index in [1.165, 1.54) is 11.3 Å². The van der Waals surface area contributed by atoms with E-state index in [1.807, 2.05) is 12.1 Å². The van der Waals surface area contributed by atoms with Crippen molar-refractivity contribution in [2.75, 3.05) is 40.4 Å². The number of aliphatic carboxylic acids is 1. The van der Waals surface area contributed by atoms with Crippen molar-refractivity contribution < 1.29 is 41.0 Å². The first-order chi connectivity index (χ1) is 18.4. The first-order valence-corrected chi connectivity index (χ1v) is 14.8. The summed E-state index contributed by atoms with van der Waals surface area (Å²) < 4.78 is 71.3. The second-order valence-electron chi connectivity index (χ2n) is 9.40. The zero-order chi connectivity index (χ0) is 28.6. The zero-order valence-corrected chi connectivity index (χ0v) is 23.4. The molecular formula is C25H34F3N3O6S2. The molecule has 0 radical (unpaired) electrons. The summed E-state index contributed by atoms with van der Waals surface area (Å²) in [7, 11) is 0.246. The van der Waals surface area contributed by atoms with Gasteiger partial charge in [-0.15, -0.1) is 11.3 Å². The van der Waals surface area contributed by atoms with Gasteiger partial charge in [-0.25, -0.2) is 17.9 Å². The number of nitrogens with one attached hydrogen (secondary N) is 2. The molecule has 3 heterocycles. The van der Waals surface area contributed by atoms with Gasteiger partial charge in [0, 0.05) is 36.2 Å². The third kappa shape index (κ3) is 9.43. The fourth-order valence-electron chi connectivity index (χ4n) is 4.22. The highest BCUT2D eigenvalue weighted by atomic mass is 32.2. The van der Waals surface area contributed by atoms with Crippen LogP contribution in [0.15, 0.2) is 34.5 Å². The summed E-state index contributed by atoms with van der Waals surface area (Å²) in [4.78, 5) is 12.1. The summed E-state index contributed by atoms with van der Waals surface area (Å²) in [5, 5.41) is 10.8. The zero-order valence-electron chi connectivity index (χ0n) is 21.8. The number of thiophene rings is 1. The summed E-state index contributed by atoms with van der Waals surface area (Å²) >= 11 is 1.26. The molecule has 2 aliphatic heterocycles. The molecule has 0 amide bonds. The Morgan fingerprint density at radius 3 is 2.49 bits per heavy atom. The maximum absolute atomic E-state index is 12.8. The van der Waals surface area contributed by atoms with Gasteiger partial charge in [0.15, 0.2) is 0 Å². The van der Waals surface area contributed by atoms with Crippen LogP contribution in [-0.4, -0.2) is 83.1 Å². The van der Waals surface area contributed by atoms with Crippen LogP contribution in [0, 0.1) is 0 Å². The lowest BCUT2D eigenvalue weighted by Gasteiger charge is -2.29. The lowest BCUT2D eigenvalue weighted by atomic mass is 10.0. The van der Waals surface area contributed by atoms with Gasteiger partial charge in [0.1, 0.15) is 9.96 Å². The number of halogens is 3. The summed E-state index contributed by atoms with van der Waals surface area (Å²) in [5.74, 6) is -2.02.